The molecule has 196 valence electrons. The molecule has 1 heterocycles. The number of anilines is 2. The molecule has 7 heteroatoms. The van der Waals surface area contributed by atoms with Crippen molar-refractivity contribution in [2.75, 3.05) is 45.1 Å². The highest BCUT2D eigenvalue weighted by Gasteiger charge is 2.22. The van der Waals surface area contributed by atoms with Crippen molar-refractivity contribution in [1.29, 1.82) is 0 Å². The van der Waals surface area contributed by atoms with E-state index in [0.717, 1.165) is 71.6 Å². The number of methoxy groups -OCH3 is 2. The molecule has 1 aromatic heterocycles. The van der Waals surface area contributed by atoms with E-state index in [1.54, 1.807) is 14.2 Å². The normalized spacial score (nSPS) is 17.4. The van der Waals surface area contributed by atoms with Gasteiger partial charge in [-0.2, -0.15) is 4.98 Å². The molecular weight excluding hydrogens is 450 g/mol. The summed E-state index contributed by atoms with van der Waals surface area (Å²) in [7, 11) is 7.48. The van der Waals surface area contributed by atoms with Crippen LogP contribution in [-0.4, -0.2) is 50.9 Å². The third-order valence-corrected chi connectivity index (χ3v) is 7.09. The average molecular weight is 494 g/mol. The molecule has 1 aliphatic rings. The zero-order valence-electron chi connectivity index (χ0n) is 21.7. The topological polar surface area (TPSA) is 71.5 Å². The Balaban J connectivity index is 0.00000361. The molecule has 0 atom stereocenters. The van der Waals surface area contributed by atoms with Gasteiger partial charge < -0.3 is 25.0 Å². The summed E-state index contributed by atoms with van der Waals surface area (Å²) in [6.45, 7) is 3.85. The smallest absolute Gasteiger partial charge is 0.225 e. The van der Waals surface area contributed by atoms with E-state index in [9.17, 15) is 0 Å². The maximum Gasteiger partial charge on any atom is 0.225 e. The molecule has 1 saturated carbocycles. The number of nitrogens with one attached hydrogen (secondary N) is 2. The first-order valence-electron chi connectivity index (χ1n) is 12.6. The van der Waals surface area contributed by atoms with E-state index in [1.165, 1.54) is 24.8 Å². The van der Waals surface area contributed by atoms with Gasteiger partial charge in [-0.3, -0.25) is 0 Å². The van der Waals surface area contributed by atoms with Gasteiger partial charge in [0, 0.05) is 43.2 Å². The minimum atomic E-state index is 0. The molecule has 0 saturated heterocycles. The van der Waals surface area contributed by atoms with Crippen LogP contribution in [-0.2, 0) is 6.54 Å². The van der Waals surface area contributed by atoms with Crippen molar-refractivity contribution in [2.45, 2.75) is 59.0 Å². The number of fused-ring (bicyclic) bond motifs is 1. The quantitative estimate of drug-likeness (QED) is 0.345. The van der Waals surface area contributed by atoms with E-state index in [4.69, 9.17) is 19.4 Å². The van der Waals surface area contributed by atoms with Gasteiger partial charge in [-0.25, -0.2) is 4.98 Å². The number of hydrogen-bond acceptors (Lipinski definition) is 7. The fourth-order valence-corrected chi connectivity index (χ4v) is 5.15. The van der Waals surface area contributed by atoms with E-state index in [2.05, 4.69) is 33.7 Å². The van der Waals surface area contributed by atoms with Crippen molar-refractivity contribution < 1.29 is 9.47 Å². The van der Waals surface area contributed by atoms with Crippen LogP contribution in [0.4, 0.5) is 11.8 Å². The molecule has 0 aliphatic heterocycles. The standard InChI is InChI=1S/C28H39N5O2.CH4/c1-19-25(34-4)15-12-21(26(19)35-5)18-29-17-16-20-10-13-22(14-11-20)30-28-31-24-9-7-6-8-23(24)27(32-28)33(2)3;/h6-9,12,15,20,22,29H,10-11,13-14,16-18H2,1-5H3,(H,30,31,32);1H4. The van der Waals surface area contributed by atoms with Crippen LogP contribution in [0.1, 0.15) is 50.7 Å². The lowest BCUT2D eigenvalue weighted by Crippen LogP contribution is -2.28. The van der Waals surface area contributed by atoms with Gasteiger partial charge in [-0.15, -0.1) is 0 Å². The fourth-order valence-electron chi connectivity index (χ4n) is 5.15. The summed E-state index contributed by atoms with van der Waals surface area (Å²) >= 11 is 0. The van der Waals surface area contributed by atoms with Crippen LogP contribution in [0, 0.1) is 12.8 Å². The van der Waals surface area contributed by atoms with Crippen LogP contribution in [0.2, 0.25) is 0 Å². The van der Waals surface area contributed by atoms with Gasteiger partial charge in [0.25, 0.3) is 0 Å². The van der Waals surface area contributed by atoms with Crippen molar-refractivity contribution >= 4 is 22.7 Å². The minimum Gasteiger partial charge on any atom is -0.496 e. The van der Waals surface area contributed by atoms with Crippen molar-refractivity contribution in [3.63, 3.8) is 0 Å². The molecule has 0 spiro atoms. The first-order chi connectivity index (χ1) is 17.0. The second kappa shape index (κ2) is 12.8. The number of para-hydroxylation sites is 1. The van der Waals surface area contributed by atoms with Gasteiger partial charge >= 0.3 is 0 Å². The van der Waals surface area contributed by atoms with E-state index < -0.39 is 0 Å². The van der Waals surface area contributed by atoms with Gasteiger partial charge in [-0.05, 0) is 69.7 Å². The number of benzene rings is 2. The van der Waals surface area contributed by atoms with Crippen LogP contribution in [0.25, 0.3) is 10.9 Å². The van der Waals surface area contributed by atoms with Gasteiger partial charge in [0.1, 0.15) is 17.3 Å². The summed E-state index contributed by atoms with van der Waals surface area (Å²) in [4.78, 5) is 11.6. The Morgan fingerprint density at radius 1 is 0.972 bits per heavy atom. The minimum absolute atomic E-state index is 0. The first-order valence-corrected chi connectivity index (χ1v) is 12.6. The number of aromatic nitrogens is 2. The molecule has 7 nitrogen and oxygen atoms in total. The summed E-state index contributed by atoms with van der Waals surface area (Å²) in [6.07, 6.45) is 5.98. The summed E-state index contributed by atoms with van der Waals surface area (Å²) in [6, 6.07) is 12.7. The Morgan fingerprint density at radius 3 is 2.42 bits per heavy atom. The van der Waals surface area contributed by atoms with Crippen molar-refractivity contribution in [3.05, 3.63) is 47.5 Å². The number of hydrogen-bond donors (Lipinski definition) is 2. The third-order valence-electron chi connectivity index (χ3n) is 7.09. The van der Waals surface area contributed by atoms with Crippen molar-refractivity contribution in [1.82, 2.24) is 15.3 Å². The van der Waals surface area contributed by atoms with Crippen molar-refractivity contribution in [2.24, 2.45) is 5.92 Å². The van der Waals surface area contributed by atoms with Crippen molar-refractivity contribution in [3.8, 4) is 11.5 Å². The maximum absolute atomic E-state index is 5.63. The largest absolute Gasteiger partial charge is 0.496 e. The Labute approximate surface area is 216 Å². The Bertz CT molecular complexity index is 1130. The lowest BCUT2D eigenvalue weighted by molar-refractivity contribution is 0.316. The molecule has 1 aliphatic carbocycles. The van der Waals surface area contributed by atoms with E-state index >= 15 is 0 Å². The lowest BCUT2D eigenvalue weighted by atomic mass is 9.84. The molecule has 3 aromatic rings. The SMILES string of the molecule is C.COc1ccc(CNCCC2CCC(Nc3nc(N(C)C)c4ccccc4n3)CC2)c(OC)c1C. The molecular formula is C29H43N5O2. The number of nitrogens with zero attached hydrogens (tertiary/aromatic N) is 3. The summed E-state index contributed by atoms with van der Waals surface area (Å²) in [5, 5.41) is 8.31. The van der Waals surface area contributed by atoms with E-state index in [-0.39, 0.29) is 7.43 Å². The Kier molecular flexibility index (Phi) is 9.76. The van der Waals surface area contributed by atoms with Crippen LogP contribution in [0.5, 0.6) is 11.5 Å². The van der Waals surface area contributed by atoms with Crippen LogP contribution in [0.15, 0.2) is 36.4 Å². The molecule has 2 aromatic carbocycles. The number of rotatable bonds is 10. The first kappa shape index (κ1) is 27.5. The molecule has 36 heavy (non-hydrogen) atoms. The summed E-state index contributed by atoms with van der Waals surface area (Å²) in [5.74, 6) is 4.23. The molecule has 4 rings (SSSR count). The van der Waals surface area contributed by atoms with Crippen LogP contribution < -0.4 is 25.0 Å². The fraction of sp³-hybridized carbons (Fsp3) is 0.517. The highest BCUT2D eigenvalue weighted by molar-refractivity contribution is 5.90. The van der Waals surface area contributed by atoms with Crippen LogP contribution in [0.3, 0.4) is 0 Å². The van der Waals surface area contributed by atoms with Gasteiger partial charge in [0.2, 0.25) is 5.95 Å². The third kappa shape index (κ3) is 6.38. The molecule has 1 fully saturated rings. The second-order valence-electron chi connectivity index (χ2n) is 9.70. The van der Waals surface area contributed by atoms with E-state index in [1.807, 2.05) is 39.2 Å². The average Bonchev–Trinajstić information content (AvgIpc) is 2.87. The highest BCUT2D eigenvalue weighted by Crippen LogP contribution is 2.32. The Morgan fingerprint density at radius 2 is 1.72 bits per heavy atom. The predicted molar refractivity (Wildman–Crippen MR) is 151 cm³/mol. The zero-order valence-corrected chi connectivity index (χ0v) is 21.7. The second-order valence-corrected chi connectivity index (χ2v) is 9.70. The van der Waals surface area contributed by atoms with Gasteiger partial charge in [0.05, 0.1) is 19.7 Å². The molecule has 0 unspecified atom stereocenters. The summed E-state index contributed by atoms with van der Waals surface area (Å²) < 4.78 is 11.0. The number of ether oxygens (including phenoxy) is 2. The molecule has 0 amide bonds. The Hall–Kier alpha value is -3.06. The summed E-state index contributed by atoms with van der Waals surface area (Å²) in [5.41, 5.74) is 3.21. The van der Waals surface area contributed by atoms with E-state index in [0.29, 0.717) is 6.04 Å². The molecule has 2 N–H and O–H groups in total. The van der Waals surface area contributed by atoms with Gasteiger partial charge in [0.15, 0.2) is 0 Å². The molecule has 0 radical (unpaired) electrons. The predicted octanol–water partition coefficient (Wildman–Crippen LogP) is 5.81. The van der Waals surface area contributed by atoms with Gasteiger partial charge in [-0.1, -0.05) is 25.6 Å². The monoisotopic (exact) mass is 493 g/mol. The zero-order chi connectivity index (χ0) is 24.8. The lowest BCUT2D eigenvalue weighted by Gasteiger charge is -2.29. The molecule has 0 bridgehead atoms. The highest BCUT2D eigenvalue weighted by atomic mass is 16.5. The maximum atomic E-state index is 5.63. The van der Waals surface area contributed by atoms with Crippen LogP contribution >= 0.6 is 0 Å².